The predicted octanol–water partition coefficient (Wildman–Crippen LogP) is 2.92. The van der Waals surface area contributed by atoms with E-state index in [0.717, 1.165) is 5.56 Å². The number of nitrogens with one attached hydrogen (secondary N) is 1. The van der Waals surface area contributed by atoms with E-state index in [4.69, 9.17) is 11.6 Å². The molecule has 3 aromatic rings. The largest absolute Gasteiger partial charge is 0.386 e. The molecule has 122 valence electrons. The summed E-state index contributed by atoms with van der Waals surface area (Å²) in [7, 11) is 0. The van der Waals surface area contributed by atoms with Crippen LogP contribution in [0.5, 0.6) is 0 Å². The molecule has 0 aliphatic heterocycles. The van der Waals surface area contributed by atoms with Gasteiger partial charge in [-0.25, -0.2) is 9.67 Å². The highest BCUT2D eigenvalue weighted by atomic mass is 35.5. The molecule has 3 rings (SSSR count). The lowest BCUT2D eigenvalue weighted by molar-refractivity contribution is 0.101. The molecule has 0 aliphatic carbocycles. The third-order valence-electron chi connectivity index (χ3n) is 3.37. The number of halogens is 1. The van der Waals surface area contributed by atoms with E-state index in [1.54, 1.807) is 24.3 Å². The van der Waals surface area contributed by atoms with E-state index in [1.807, 2.05) is 30.3 Å². The van der Waals surface area contributed by atoms with Crippen LogP contribution in [0.4, 0.5) is 5.69 Å². The van der Waals surface area contributed by atoms with E-state index in [0.29, 0.717) is 10.7 Å². The maximum Gasteiger partial charge on any atom is 0.295 e. The fourth-order valence-electron chi connectivity index (χ4n) is 2.20. The second kappa shape index (κ2) is 7.25. The molecule has 0 radical (unpaired) electrons. The number of aliphatic hydroxyl groups excluding tert-OH is 1. The monoisotopic (exact) mass is 342 g/mol. The predicted molar refractivity (Wildman–Crippen MR) is 90.8 cm³/mol. The van der Waals surface area contributed by atoms with Crippen LogP contribution in [0.3, 0.4) is 0 Å². The number of benzene rings is 2. The summed E-state index contributed by atoms with van der Waals surface area (Å²) in [5.41, 5.74) is 1.34. The summed E-state index contributed by atoms with van der Waals surface area (Å²) in [6.07, 6.45) is 0.690. The summed E-state index contributed by atoms with van der Waals surface area (Å²) in [5, 5.41) is 17.5. The topological polar surface area (TPSA) is 80.0 Å². The number of rotatable bonds is 5. The first-order valence-electron chi connectivity index (χ1n) is 7.31. The van der Waals surface area contributed by atoms with Crippen LogP contribution in [0.2, 0.25) is 5.02 Å². The van der Waals surface area contributed by atoms with Crippen LogP contribution < -0.4 is 5.32 Å². The zero-order valence-corrected chi connectivity index (χ0v) is 13.4. The van der Waals surface area contributed by atoms with Gasteiger partial charge in [0.1, 0.15) is 6.33 Å². The van der Waals surface area contributed by atoms with E-state index < -0.39 is 12.0 Å². The van der Waals surface area contributed by atoms with E-state index in [-0.39, 0.29) is 12.4 Å². The number of carbonyl (C=O) groups excluding carboxylic acids is 1. The number of anilines is 1. The summed E-state index contributed by atoms with van der Waals surface area (Å²) >= 11 is 5.88. The first kappa shape index (κ1) is 16.2. The Balaban J connectivity index is 1.65. The number of hydrogen-bond donors (Lipinski definition) is 2. The SMILES string of the molecule is O=C(Nc1cccc(Cl)c1)c1ncn(C[C@H](O)c2ccccc2)n1. The van der Waals surface area contributed by atoms with Crippen LogP contribution in [0.25, 0.3) is 0 Å². The molecule has 6 nitrogen and oxygen atoms in total. The Kier molecular flexibility index (Phi) is 4.88. The Morgan fingerprint density at radius 1 is 1.21 bits per heavy atom. The highest BCUT2D eigenvalue weighted by molar-refractivity contribution is 6.30. The lowest BCUT2D eigenvalue weighted by atomic mass is 10.1. The minimum atomic E-state index is -0.725. The number of nitrogens with zero attached hydrogens (tertiary/aromatic N) is 3. The van der Waals surface area contributed by atoms with Crippen molar-refractivity contribution >= 4 is 23.2 Å². The number of hydrogen-bond acceptors (Lipinski definition) is 4. The third kappa shape index (κ3) is 3.98. The summed E-state index contributed by atoms with van der Waals surface area (Å²) in [5.74, 6) is -0.416. The van der Waals surface area contributed by atoms with Crippen molar-refractivity contribution in [2.45, 2.75) is 12.6 Å². The van der Waals surface area contributed by atoms with Crippen LogP contribution in [-0.4, -0.2) is 25.8 Å². The van der Waals surface area contributed by atoms with Crippen molar-refractivity contribution in [3.63, 3.8) is 0 Å². The molecule has 0 saturated heterocycles. The van der Waals surface area contributed by atoms with E-state index in [2.05, 4.69) is 15.4 Å². The van der Waals surface area contributed by atoms with Crippen molar-refractivity contribution in [3.05, 3.63) is 77.3 Å². The summed E-state index contributed by atoms with van der Waals surface area (Å²) in [6.45, 7) is 0.210. The van der Waals surface area contributed by atoms with Gasteiger partial charge in [-0.2, -0.15) is 0 Å². The molecule has 0 saturated carbocycles. The van der Waals surface area contributed by atoms with Gasteiger partial charge in [-0.05, 0) is 23.8 Å². The Morgan fingerprint density at radius 3 is 2.75 bits per heavy atom. The molecule has 0 bridgehead atoms. The van der Waals surface area contributed by atoms with Crippen LogP contribution in [-0.2, 0) is 6.54 Å². The average molecular weight is 343 g/mol. The molecule has 2 N–H and O–H groups in total. The Hall–Kier alpha value is -2.70. The second-order valence-electron chi connectivity index (χ2n) is 5.18. The van der Waals surface area contributed by atoms with E-state index in [9.17, 15) is 9.90 Å². The molecule has 2 aromatic carbocycles. The van der Waals surface area contributed by atoms with Crippen molar-refractivity contribution in [2.75, 3.05) is 5.32 Å². The molecule has 1 amide bonds. The van der Waals surface area contributed by atoms with E-state index >= 15 is 0 Å². The molecule has 0 unspecified atom stereocenters. The van der Waals surface area contributed by atoms with Gasteiger partial charge >= 0.3 is 0 Å². The molecule has 1 atom stereocenters. The second-order valence-corrected chi connectivity index (χ2v) is 5.62. The standard InChI is InChI=1S/C17H15ClN4O2/c18-13-7-4-8-14(9-13)20-17(24)16-19-11-22(21-16)10-15(23)12-5-2-1-3-6-12/h1-9,11,15,23H,10H2,(H,20,24)/t15-/m0/s1. The van der Waals surface area contributed by atoms with Gasteiger partial charge < -0.3 is 10.4 Å². The zero-order valence-electron chi connectivity index (χ0n) is 12.6. The molecule has 0 fully saturated rings. The van der Waals surface area contributed by atoms with E-state index in [1.165, 1.54) is 11.0 Å². The summed E-state index contributed by atoms with van der Waals surface area (Å²) in [6, 6.07) is 16.0. The molecular weight excluding hydrogens is 328 g/mol. The van der Waals surface area contributed by atoms with Gasteiger partial charge in [-0.3, -0.25) is 4.79 Å². The Labute approximate surface area is 143 Å². The molecule has 7 heteroatoms. The highest BCUT2D eigenvalue weighted by Crippen LogP contribution is 2.16. The normalized spacial score (nSPS) is 11.9. The van der Waals surface area contributed by atoms with Crippen molar-refractivity contribution in [1.29, 1.82) is 0 Å². The van der Waals surface area contributed by atoms with Gasteiger partial charge in [0.2, 0.25) is 5.82 Å². The quantitative estimate of drug-likeness (QED) is 0.747. The van der Waals surface area contributed by atoms with Crippen molar-refractivity contribution in [1.82, 2.24) is 14.8 Å². The first-order valence-corrected chi connectivity index (χ1v) is 7.69. The Bertz CT molecular complexity index is 835. The van der Waals surface area contributed by atoms with Gasteiger partial charge in [0.15, 0.2) is 0 Å². The summed E-state index contributed by atoms with van der Waals surface area (Å²) < 4.78 is 1.44. The number of aromatic nitrogens is 3. The minimum absolute atomic E-state index is 0.0234. The smallest absolute Gasteiger partial charge is 0.295 e. The number of aliphatic hydroxyl groups is 1. The van der Waals surface area contributed by atoms with Crippen LogP contribution in [0.1, 0.15) is 22.3 Å². The maximum absolute atomic E-state index is 12.1. The minimum Gasteiger partial charge on any atom is -0.386 e. The van der Waals surface area contributed by atoms with Crippen molar-refractivity contribution in [3.8, 4) is 0 Å². The summed E-state index contributed by atoms with van der Waals surface area (Å²) in [4.78, 5) is 16.1. The molecular formula is C17H15ClN4O2. The number of amides is 1. The van der Waals surface area contributed by atoms with Gasteiger partial charge in [-0.15, -0.1) is 5.10 Å². The molecule has 0 aliphatic rings. The van der Waals surface area contributed by atoms with Gasteiger partial charge in [0.25, 0.3) is 5.91 Å². The van der Waals surface area contributed by atoms with Crippen LogP contribution in [0, 0.1) is 0 Å². The fourth-order valence-corrected chi connectivity index (χ4v) is 2.39. The average Bonchev–Trinajstić information content (AvgIpc) is 3.04. The van der Waals surface area contributed by atoms with Crippen molar-refractivity contribution in [2.24, 2.45) is 0 Å². The van der Waals surface area contributed by atoms with Crippen LogP contribution in [0.15, 0.2) is 60.9 Å². The van der Waals surface area contributed by atoms with Gasteiger partial charge in [0, 0.05) is 10.7 Å². The molecule has 24 heavy (non-hydrogen) atoms. The fraction of sp³-hybridized carbons (Fsp3) is 0.118. The van der Waals surface area contributed by atoms with Crippen molar-refractivity contribution < 1.29 is 9.90 Å². The molecule has 0 spiro atoms. The molecule has 1 aromatic heterocycles. The lowest BCUT2D eigenvalue weighted by Crippen LogP contribution is -2.15. The molecule has 1 heterocycles. The third-order valence-corrected chi connectivity index (χ3v) is 3.60. The van der Waals surface area contributed by atoms with Gasteiger partial charge in [0.05, 0.1) is 12.6 Å². The maximum atomic E-state index is 12.1. The van der Waals surface area contributed by atoms with Gasteiger partial charge in [-0.1, -0.05) is 48.0 Å². The first-order chi connectivity index (χ1) is 11.6. The number of carbonyl (C=O) groups is 1. The zero-order chi connectivity index (χ0) is 16.9. The lowest BCUT2D eigenvalue weighted by Gasteiger charge is -2.10. The van der Waals surface area contributed by atoms with Crippen LogP contribution >= 0.6 is 11.6 Å². The Morgan fingerprint density at radius 2 is 2.00 bits per heavy atom. The highest BCUT2D eigenvalue weighted by Gasteiger charge is 2.14.